The van der Waals surface area contributed by atoms with Gasteiger partial charge in [-0.1, -0.05) is 0 Å². The molecule has 0 unspecified atom stereocenters. The Balaban J connectivity index is 0. The zero-order chi connectivity index (χ0) is 0. The van der Waals surface area contributed by atoms with E-state index in [0.717, 1.165) is 0 Å². The maximum atomic E-state index is 0. The van der Waals surface area contributed by atoms with Crippen LogP contribution in [0.15, 0.2) is 0 Å². The maximum absolute atomic E-state index is 0. The Morgan fingerprint density at radius 1 is 0.167 bits per heavy atom. The van der Waals surface area contributed by atoms with Crippen LogP contribution in [0.1, 0.15) is 0 Å². The molecule has 0 aliphatic heterocycles. The minimum atomic E-state index is 0. The van der Waals surface area contributed by atoms with Crippen molar-refractivity contribution in [1.29, 1.82) is 0 Å². The van der Waals surface area contributed by atoms with Crippen molar-refractivity contribution >= 4 is 144 Å². The van der Waals surface area contributed by atoms with E-state index in [0.29, 0.717) is 0 Å². The molecule has 0 atom stereocenters. The standard InChI is InChI=1S/6FH.6HI/h12*1H. The second kappa shape index (κ2) is 186. The maximum Gasteiger partial charge on any atom is -0.107 e. The molecule has 12 heavy (non-hydrogen) atoms. The van der Waals surface area contributed by atoms with Gasteiger partial charge in [0.15, 0.2) is 0 Å². The molecule has 0 nitrogen and oxygen atoms in total. The largest absolute Gasteiger partial charge is 0.269 e. The van der Waals surface area contributed by atoms with Gasteiger partial charge in [-0.05, 0) is 0 Å². The molecule has 0 heterocycles. The van der Waals surface area contributed by atoms with Crippen molar-refractivity contribution in [2.24, 2.45) is 0 Å². The van der Waals surface area contributed by atoms with E-state index in [-0.39, 0.29) is 172 Å². The molecule has 0 amide bonds. The van der Waals surface area contributed by atoms with Gasteiger partial charge in [0.05, 0.1) is 0 Å². The van der Waals surface area contributed by atoms with Gasteiger partial charge in [-0.15, -0.1) is 144 Å². The van der Waals surface area contributed by atoms with Gasteiger partial charge >= 0.3 is 0 Å². The highest BCUT2D eigenvalue weighted by molar-refractivity contribution is 14.0. The van der Waals surface area contributed by atoms with Gasteiger partial charge in [0.1, 0.15) is 0 Å². The minimum Gasteiger partial charge on any atom is -0.269 e. The Kier molecular flexibility index (Phi) is 3530. The summed E-state index contributed by atoms with van der Waals surface area (Å²) in [5.74, 6) is 0. The lowest BCUT2D eigenvalue weighted by Crippen LogP contribution is 0.419. The summed E-state index contributed by atoms with van der Waals surface area (Å²) in [5, 5.41) is 0. The summed E-state index contributed by atoms with van der Waals surface area (Å²) in [4.78, 5) is 0. The number of hydrogen-bond acceptors (Lipinski definition) is 0. The molecule has 0 N–H and O–H groups in total. The highest BCUT2D eigenvalue weighted by atomic mass is 127. The lowest BCUT2D eigenvalue weighted by molar-refractivity contribution is 1.11. The molecule has 0 spiro atoms. The molecular formula is H12F6I6. The lowest BCUT2D eigenvalue weighted by atomic mass is 19.0. The molecule has 12 heteroatoms. The first-order valence-electron chi connectivity index (χ1n) is 0. The van der Waals surface area contributed by atoms with Crippen LogP contribution >= 0.6 is 144 Å². The van der Waals surface area contributed by atoms with Crippen molar-refractivity contribution in [3.05, 3.63) is 0 Å². The van der Waals surface area contributed by atoms with Gasteiger partial charge in [0.2, 0.25) is 0 Å². The molecule has 0 aliphatic rings. The van der Waals surface area contributed by atoms with Crippen molar-refractivity contribution in [3.63, 3.8) is 0 Å². The summed E-state index contributed by atoms with van der Waals surface area (Å²) in [6.07, 6.45) is 0. The van der Waals surface area contributed by atoms with E-state index in [1.807, 2.05) is 0 Å². The molecule has 96 valence electrons. The number of rotatable bonds is 0. The first kappa shape index (κ1) is 228. The topological polar surface area (TPSA) is 0 Å². The van der Waals surface area contributed by atoms with E-state index < -0.39 is 0 Å². The molecule has 0 aromatic carbocycles. The smallest absolute Gasteiger partial charge is 0.107 e. The van der Waals surface area contributed by atoms with Gasteiger partial charge in [-0.3, -0.25) is 28.2 Å². The van der Waals surface area contributed by atoms with Crippen molar-refractivity contribution in [2.75, 3.05) is 0 Å². The first-order chi connectivity index (χ1) is 0. The molecule has 0 saturated carbocycles. The molecule has 0 aliphatic carbocycles. The van der Waals surface area contributed by atoms with E-state index >= 15 is 0 Å². The van der Waals surface area contributed by atoms with Crippen molar-refractivity contribution in [3.8, 4) is 0 Å². The van der Waals surface area contributed by atoms with E-state index in [9.17, 15) is 0 Å². The van der Waals surface area contributed by atoms with Crippen LogP contribution in [-0.4, -0.2) is 0 Å². The molecule has 0 aromatic heterocycles. The summed E-state index contributed by atoms with van der Waals surface area (Å²) < 4.78 is 0. The van der Waals surface area contributed by atoms with E-state index in [2.05, 4.69) is 0 Å². The van der Waals surface area contributed by atoms with Crippen LogP contribution in [0, 0.1) is 0 Å². The SMILES string of the molecule is F.F.F.F.F.F.I.I.I.I.I.I. The van der Waals surface area contributed by atoms with Crippen molar-refractivity contribution in [2.45, 2.75) is 0 Å². The quantitative estimate of drug-likeness (QED) is 0.247. The third kappa shape index (κ3) is 150. The van der Waals surface area contributed by atoms with Gasteiger partial charge in [0.25, 0.3) is 0 Å². The fourth-order valence-electron chi connectivity index (χ4n) is 0. The van der Waals surface area contributed by atoms with Gasteiger partial charge in [-0.2, -0.15) is 0 Å². The fraction of sp³-hybridized carbons (Fsp3) is 0. The van der Waals surface area contributed by atoms with Crippen LogP contribution in [0.3, 0.4) is 0 Å². The Morgan fingerprint density at radius 3 is 0.167 bits per heavy atom. The van der Waals surface area contributed by atoms with Gasteiger partial charge in [-0.25, -0.2) is 0 Å². The third-order valence-electron chi connectivity index (χ3n) is 0. The van der Waals surface area contributed by atoms with Gasteiger partial charge in [0, 0.05) is 0 Å². The third-order valence-corrected chi connectivity index (χ3v) is 0. The molecule has 0 rings (SSSR count). The highest BCUT2D eigenvalue weighted by Gasteiger charge is -0.102. The normalized spacial score (nSPS) is 0. The summed E-state index contributed by atoms with van der Waals surface area (Å²) in [6.45, 7) is 0. The van der Waals surface area contributed by atoms with E-state index in [1.54, 1.807) is 0 Å². The Labute approximate surface area is 169 Å². The summed E-state index contributed by atoms with van der Waals surface area (Å²) >= 11 is 0. The molecule has 0 radical (unpaired) electrons. The lowest BCUT2D eigenvalue weighted by Gasteiger charge is -0.270. The molecule has 0 saturated heterocycles. The van der Waals surface area contributed by atoms with Crippen LogP contribution in [0.2, 0.25) is 0 Å². The Morgan fingerprint density at radius 2 is 0.167 bits per heavy atom. The average molecular weight is 888 g/mol. The second-order valence-electron chi connectivity index (χ2n) is 0. The van der Waals surface area contributed by atoms with Gasteiger partial charge < -0.3 is 0 Å². The monoisotopic (exact) mass is 888 g/mol. The van der Waals surface area contributed by atoms with Crippen LogP contribution in [0.4, 0.5) is 28.2 Å². The van der Waals surface area contributed by atoms with Crippen LogP contribution in [0.25, 0.3) is 0 Å². The number of halogens is 12. The summed E-state index contributed by atoms with van der Waals surface area (Å²) in [5.41, 5.74) is 0. The van der Waals surface area contributed by atoms with Crippen LogP contribution < -0.4 is 0 Å². The zero-order valence-corrected chi connectivity index (χ0v) is 18.9. The van der Waals surface area contributed by atoms with Crippen LogP contribution in [-0.2, 0) is 0 Å². The zero-order valence-electron chi connectivity index (χ0n) is 4.90. The van der Waals surface area contributed by atoms with Crippen molar-refractivity contribution < 1.29 is 28.2 Å². The molecular weight excluding hydrogens is 875 g/mol. The second-order valence-corrected chi connectivity index (χ2v) is 0. The van der Waals surface area contributed by atoms with E-state index in [4.69, 9.17) is 0 Å². The molecule has 0 bridgehead atoms. The highest BCUT2D eigenvalue weighted by Crippen LogP contribution is 0.891. The number of hydrogen-bond donors (Lipinski definition) is 0. The Hall–Kier alpha value is 3.96. The average Bonchev–Trinajstić information content (AvgIpc) is 0. The predicted octanol–water partition coefficient (Wildman–Crippen LogP) is 4.62. The van der Waals surface area contributed by atoms with E-state index in [1.165, 1.54) is 0 Å². The van der Waals surface area contributed by atoms with Crippen molar-refractivity contribution in [1.82, 2.24) is 0 Å². The summed E-state index contributed by atoms with van der Waals surface area (Å²) in [6, 6.07) is 0. The minimum absolute atomic E-state index is 0. The predicted molar refractivity (Wildman–Crippen MR) is 108 cm³/mol. The Bertz CT molecular complexity index is 12.0. The first-order valence-corrected chi connectivity index (χ1v) is 0. The molecule has 0 fully saturated rings. The fourth-order valence-corrected chi connectivity index (χ4v) is 0. The van der Waals surface area contributed by atoms with Crippen LogP contribution in [0.5, 0.6) is 0 Å². The molecule has 0 aromatic rings. The summed E-state index contributed by atoms with van der Waals surface area (Å²) in [7, 11) is 0.